The van der Waals surface area contributed by atoms with E-state index >= 15 is 0 Å². The van der Waals surface area contributed by atoms with Gasteiger partial charge in [0, 0.05) is 12.1 Å². The van der Waals surface area contributed by atoms with E-state index < -0.39 is 5.54 Å². The first-order valence-electron chi connectivity index (χ1n) is 14.8. The number of oxazole rings is 1. The Balaban J connectivity index is 1.12. The number of nitrogens with zero attached hydrogens (tertiary/aromatic N) is 1. The average molecular weight is 551 g/mol. The highest BCUT2D eigenvalue weighted by Gasteiger charge is 2.39. The number of aromatic nitrogens is 1. The molecule has 1 fully saturated rings. The number of fused-ring (bicyclic) bond motifs is 1. The van der Waals surface area contributed by atoms with Gasteiger partial charge in [-0.05, 0) is 65.3 Å². The molecule has 0 bridgehead atoms. The van der Waals surface area contributed by atoms with Crippen LogP contribution >= 0.6 is 0 Å². The van der Waals surface area contributed by atoms with Crippen molar-refractivity contribution in [2.75, 3.05) is 6.54 Å². The van der Waals surface area contributed by atoms with Gasteiger partial charge in [-0.25, -0.2) is 4.98 Å². The van der Waals surface area contributed by atoms with Crippen molar-refractivity contribution in [3.63, 3.8) is 0 Å². The minimum atomic E-state index is -0.499. The molecule has 4 nitrogen and oxygen atoms in total. The molecule has 0 saturated heterocycles. The minimum Gasteiger partial charge on any atom is -0.436 e. The van der Waals surface area contributed by atoms with Gasteiger partial charge in [0.05, 0.1) is 18.2 Å². The number of hydrogen-bond acceptors (Lipinski definition) is 4. The van der Waals surface area contributed by atoms with Crippen LogP contribution in [0.1, 0.15) is 35.1 Å². The number of nitrogens with one attached hydrogen (secondary N) is 1. The van der Waals surface area contributed by atoms with Gasteiger partial charge in [0.25, 0.3) is 0 Å². The summed E-state index contributed by atoms with van der Waals surface area (Å²) in [5.74, 6) is 1.21. The summed E-state index contributed by atoms with van der Waals surface area (Å²) in [4.78, 5) is 4.63. The predicted molar refractivity (Wildman–Crippen MR) is 168 cm³/mol. The second-order valence-corrected chi connectivity index (χ2v) is 11.1. The Bertz CT molecular complexity index is 1600. The summed E-state index contributed by atoms with van der Waals surface area (Å²) in [5.41, 5.74) is 6.93. The van der Waals surface area contributed by atoms with Gasteiger partial charge < -0.3 is 9.15 Å². The van der Waals surface area contributed by atoms with Crippen LogP contribution in [-0.2, 0) is 16.9 Å². The van der Waals surface area contributed by atoms with Crippen molar-refractivity contribution >= 4 is 11.1 Å². The number of hydrogen-bond donors (Lipinski definition) is 1. The second kappa shape index (κ2) is 11.8. The Morgan fingerprint density at radius 2 is 1.24 bits per heavy atom. The first kappa shape index (κ1) is 26.4. The molecule has 42 heavy (non-hydrogen) atoms. The van der Waals surface area contributed by atoms with Gasteiger partial charge in [-0.2, -0.15) is 0 Å². The maximum Gasteiger partial charge on any atom is 0.227 e. The van der Waals surface area contributed by atoms with E-state index in [0.717, 1.165) is 28.8 Å². The van der Waals surface area contributed by atoms with Crippen LogP contribution in [0.25, 0.3) is 22.6 Å². The molecule has 1 atom stereocenters. The van der Waals surface area contributed by atoms with E-state index in [4.69, 9.17) is 9.15 Å². The van der Waals surface area contributed by atoms with Crippen molar-refractivity contribution in [1.29, 1.82) is 0 Å². The van der Waals surface area contributed by atoms with Gasteiger partial charge >= 0.3 is 0 Å². The van der Waals surface area contributed by atoms with Crippen molar-refractivity contribution < 1.29 is 9.15 Å². The summed E-state index contributed by atoms with van der Waals surface area (Å²) < 4.78 is 12.6. The maximum absolute atomic E-state index is 6.65. The van der Waals surface area contributed by atoms with Crippen molar-refractivity contribution in [1.82, 2.24) is 10.3 Å². The standard InChI is InChI=1S/C38H34N2O2/c1-4-12-31(13-5-1)38(32-14-6-2-7-15-32,33-16-8-3-9-17-33)39-26-36(29-24-25-29)41-27-28-20-22-30(23-21-28)37-40-34-18-10-11-19-35(34)42-37/h1-23,29,36,39H,24-27H2. The number of para-hydroxylation sites is 2. The van der Waals surface area contributed by atoms with Crippen LogP contribution in [0.2, 0.25) is 0 Å². The summed E-state index contributed by atoms with van der Waals surface area (Å²) >= 11 is 0. The first-order valence-corrected chi connectivity index (χ1v) is 14.8. The Morgan fingerprint density at radius 3 is 1.79 bits per heavy atom. The number of ether oxygens (including phenoxy) is 1. The molecule has 1 saturated carbocycles. The lowest BCUT2D eigenvalue weighted by molar-refractivity contribution is 0.0233. The van der Waals surface area contributed by atoms with Crippen LogP contribution in [0.5, 0.6) is 0 Å². The molecule has 0 amide bonds. The topological polar surface area (TPSA) is 47.3 Å². The molecule has 0 radical (unpaired) electrons. The average Bonchev–Trinajstić information content (AvgIpc) is 3.82. The predicted octanol–water partition coefficient (Wildman–Crippen LogP) is 8.37. The fraction of sp³-hybridized carbons (Fsp3) is 0.184. The zero-order chi connectivity index (χ0) is 28.2. The third kappa shape index (κ3) is 5.39. The molecule has 0 aliphatic heterocycles. The lowest BCUT2D eigenvalue weighted by atomic mass is 9.77. The van der Waals surface area contributed by atoms with E-state index in [-0.39, 0.29) is 6.10 Å². The molecule has 1 heterocycles. The van der Waals surface area contributed by atoms with Crippen molar-refractivity contribution in [3.05, 3.63) is 162 Å². The summed E-state index contributed by atoms with van der Waals surface area (Å²) in [6.07, 6.45) is 2.52. The van der Waals surface area contributed by atoms with E-state index in [1.165, 1.54) is 29.5 Å². The zero-order valence-corrected chi connectivity index (χ0v) is 23.5. The monoisotopic (exact) mass is 550 g/mol. The number of benzene rings is 5. The molecule has 1 aliphatic rings. The van der Waals surface area contributed by atoms with E-state index in [9.17, 15) is 0 Å². The fourth-order valence-corrected chi connectivity index (χ4v) is 5.90. The summed E-state index contributed by atoms with van der Waals surface area (Å²) in [5, 5.41) is 4.04. The van der Waals surface area contributed by atoms with Gasteiger partial charge in [-0.15, -0.1) is 0 Å². The smallest absolute Gasteiger partial charge is 0.227 e. The van der Waals surface area contributed by atoms with Crippen LogP contribution in [0.15, 0.2) is 144 Å². The highest BCUT2D eigenvalue weighted by molar-refractivity contribution is 5.76. The van der Waals surface area contributed by atoms with E-state index in [2.05, 4.69) is 126 Å². The van der Waals surface area contributed by atoms with E-state index in [1.54, 1.807) is 0 Å². The molecule has 6 aromatic rings. The Kier molecular flexibility index (Phi) is 7.40. The van der Waals surface area contributed by atoms with Crippen molar-refractivity contribution in [2.45, 2.75) is 31.1 Å². The van der Waals surface area contributed by atoms with Crippen LogP contribution in [0.3, 0.4) is 0 Å². The molecule has 1 unspecified atom stereocenters. The van der Waals surface area contributed by atoms with Gasteiger partial charge in [0.2, 0.25) is 5.89 Å². The van der Waals surface area contributed by atoms with Crippen LogP contribution in [0, 0.1) is 5.92 Å². The highest BCUT2D eigenvalue weighted by Crippen LogP contribution is 2.39. The summed E-state index contributed by atoms with van der Waals surface area (Å²) in [7, 11) is 0. The number of rotatable bonds is 11. The van der Waals surface area contributed by atoms with Gasteiger partial charge in [0.15, 0.2) is 5.58 Å². The molecule has 1 aromatic heterocycles. The van der Waals surface area contributed by atoms with Crippen LogP contribution in [-0.4, -0.2) is 17.6 Å². The molecule has 0 spiro atoms. The quantitative estimate of drug-likeness (QED) is 0.165. The molecule has 208 valence electrons. The third-order valence-electron chi connectivity index (χ3n) is 8.30. The Morgan fingerprint density at radius 1 is 0.690 bits per heavy atom. The van der Waals surface area contributed by atoms with Crippen LogP contribution in [0.4, 0.5) is 0 Å². The van der Waals surface area contributed by atoms with Gasteiger partial charge in [0.1, 0.15) is 5.52 Å². The largest absolute Gasteiger partial charge is 0.436 e. The molecule has 5 aromatic carbocycles. The zero-order valence-electron chi connectivity index (χ0n) is 23.5. The molecular weight excluding hydrogens is 516 g/mol. The molecule has 1 aliphatic carbocycles. The van der Waals surface area contributed by atoms with Crippen molar-refractivity contribution in [2.24, 2.45) is 5.92 Å². The molecule has 7 rings (SSSR count). The summed E-state index contributed by atoms with van der Waals surface area (Å²) in [6, 6.07) is 48.5. The SMILES string of the molecule is c1ccc(C(NCC(OCc2ccc(-c3nc4ccccc4o3)cc2)C2CC2)(c2ccccc2)c2ccccc2)cc1. The van der Waals surface area contributed by atoms with E-state index in [0.29, 0.717) is 18.4 Å². The summed E-state index contributed by atoms with van der Waals surface area (Å²) in [6.45, 7) is 1.30. The lowest BCUT2D eigenvalue weighted by Crippen LogP contribution is -2.48. The second-order valence-electron chi connectivity index (χ2n) is 11.1. The maximum atomic E-state index is 6.65. The normalized spacial score (nSPS) is 14.2. The molecule has 1 N–H and O–H groups in total. The third-order valence-corrected chi connectivity index (χ3v) is 8.30. The Labute approximate surface area is 247 Å². The lowest BCUT2D eigenvalue weighted by Gasteiger charge is -2.38. The Hall–Kier alpha value is -4.51. The van der Waals surface area contributed by atoms with Crippen LogP contribution < -0.4 is 5.32 Å². The van der Waals surface area contributed by atoms with Gasteiger partial charge in [-0.3, -0.25) is 5.32 Å². The van der Waals surface area contributed by atoms with E-state index in [1.807, 2.05) is 24.3 Å². The first-order chi connectivity index (χ1) is 20.8. The molecule has 4 heteroatoms. The molecular formula is C38H34N2O2. The fourth-order valence-electron chi connectivity index (χ4n) is 5.90. The minimum absolute atomic E-state index is 0.109. The van der Waals surface area contributed by atoms with Gasteiger partial charge in [-0.1, -0.05) is 115 Å². The highest BCUT2D eigenvalue weighted by atomic mass is 16.5. The van der Waals surface area contributed by atoms with Crippen molar-refractivity contribution in [3.8, 4) is 11.5 Å².